The maximum atomic E-state index is 7.52. The smallest absolute Gasteiger partial charge is 0.0431 e. The Kier molecular flexibility index (Phi) is 4.37. The molecule has 0 aliphatic heterocycles. The lowest BCUT2D eigenvalue weighted by atomic mass is 9.91. The van der Waals surface area contributed by atoms with E-state index in [1.54, 1.807) is 0 Å². The first-order valence-corrected chi connectivity index (χ1v) is 6.88. The molecule has 1 aliphatic carbocycles. The van der Waals surface area contributed by atoms with Crippen molar-refractivity contribution in [1.82, 2.24) is 0 Å². The average molecular weight is 245 g/mol. The zero-order valence-corrected chi connectivity index (χ0v) is 11.1. The number of nitrogens with one attached hydrogen (secondary N) is 2. The van der Waals surface area contributed by atoms with Gasteiger partial charge in [-0.05, 0) is 49.8 Å². The molecule has 98 valence electrons. The molecule has 1 aliphatic rings. The Morgan fingerprint density at radius 1 is 1.33 bits per heavy atom. The Hall–Kier alpha value is -1.35. The first kappa shape index (κ1) is 13.1. The Morgan fingerprint density at radius 3 is 2.67 bits per heavy atom. The van der Waals surface area contributed by atoms with Crippen LogP contribution in [0, 0.1) is 5.41 Å². The average Bonchev–Trinajstić information content (AvgIpc) is 2.41. The molecule has 1 fully saturated rings. The van der Waals surface area contributed by atoms with Crippen LogP contribution in [0.15, 0.2) is 18.2 Å². The summed E-state index contributed by atoms with van der Waals surface area (Å²) in [6.07, 6.45) is 6.92. The highest BCUT2D eigenvalue weighted by atomic mass is 14.9. The van der Waals surface area contributed by atoms with Crippen LogP contribution in [0.2, 0.25) is 0 Å². The van der Waals surface area contributed by atoms with Crippen molar-refractivity contribution in [2.75, 3.05) is 5.32 Å². The second-order valence-electron chi connectivity index (χ2n) is 5.18. The summed E-state index contributed by atoms with van der Waals surface area (Å²) in [6, 6.07) is 7.24. The second-order valence-corrected chi connectivity index (χ2v) is 5.18. The van der Waals surface area contributed by atoms with E-state index < -0.39 is 0 Å². The Balaban J connectivity index is 2.06. The van der Waals surface area contributed by atoms with E-state index in [1.807, 2.05) is 0 Å². The molecule has 0 aromatic heterocycles. The number of benzene rings is 1. The minimum Gasteiger partial charge on any atom is -0.382 e. The Labute approximate surface area is 109 Å². The van der Waals surface area contributed by atoms with Gasteiger partial charge in [0, 0.05) is 29.5 Å². The fourth-order valence-electron chi connectivity index (χ4n) is 2.57. The lowest BCUT2D eigenvalue weighted by Crippen LogP contribution is -2.33. The molecular formula is C15H23N3. The minimum atomic E-state index is 0.382. The van der Waals surface area contributed by atoms with E-state index in [2.05, 4.69) is 30.4 Å². The number of anilines is 1. The SMILES string of the molecule is CCc1ccc(NC2CCC(N)CC2)c(C=N)c1. The van der Waals surface area contributed by atoms with Gasteiger partial charge in [0.25, 0.3) is 0 Å². The van der Waals surface area contributed by atoms with Gasteiger partial charge in [0.2, 0.25) is 0 Å². The largest absolute Gasteiger partial charge is 0.382 e. The number of rotatable bonds is 4. The summed E-state index contributed by atoms with van der Waals surface area (Å²) in [5.41, 5.74) is 9.28. The van der Waals surface area contributed by atoms with E-state index in [-0.39, 0.29) is 0 Å². The molecule has 18 heavy (non-hydrogen) atoms. The third kappa shape index (κ3) is 3.10. The fourth-order valence-corrected chi connectivity index (χ4v) is 2.57. The number of hydrogen-bond acceptors (Lipinski definition) is 3. The summed E-state index contributed by atoms with van der Waals surface area (Å²) in [7, 11) is 0. The third-order valence-corrected chi connectivity index (χ3v) is 3.81. The standard InChI is InChI=1S/C15H23N3/c1-2-11-3-8-15(12(9-11)10-16)18-14-6-4-13(17)5-7-14/h3,8-10,13-14,16,18H,2,4-7,17H2,1H3. The van der Waals surface area contributed by atoms with Gasteiger partial charge in [-0.1, -0.05) is 13.0 Å². The summed E-state index contributed by atoms with van der Waals surface area (Å²) in [6.45, 7) is 2.14. The predicted octanol–water partition coefficient (Wildman–Crippen LogP) is 2.93. The maximum absolute atomic E-state index is 7.52. The van der Waals surface area contributed by atoms with Gasteiger partial charge in [-0.3, -0.25) is 0 Å². The lowest BCUT2D eigenvalue weighted by molar-refractivity contribution is 0.411. The molecule has 0 radical (unpaired) electrons. The van der Waals surface area contributed by atoms with E-state index in [0.29, 0.717) is 12.1 Å². The summed E-state index contributed by atoms with van der Waals surface area (Å²) >= 11 is 0. The second kappa shape index (κ2) is 6.01. The number of aryl methyl sites for hydroxylation is 1. The van der Waals surface area contributed by atoms with Crippen molar-refractivity contribution in [3.8, 4) is 0 Å². The first-order valence-electron chi connectivity index (χ1n) is 6.88. The van der Waals surface area contributed by atoms with Crippen molar-refractivity contribution in [1.29, 1.82) is 5.41 Å². The zero-order valence-electron chi connectivity index (χ0n) is 11.1. The molecule has 3 heteroatoms. The van der Waals surface area contributed by atoms with Crippen molar-refractivity contribution in [2.45, 2.75) is 51.1 Å². The molecule has 0 bridgehead atoms. The molecule has 0 spiro atoms. The summed E-state index contributed by atoms with van der Waals surface area (Å²) in [4.78, 5) is 0. The third-order valence-electron chi connectivity index (χ3n) is 3.81. The van der Waals surface area contributed by atoms with E-state index >= 15 is 0 Å². The molecular weight excluding hydrogens is 222 g/mol. The van der Waals surface area contributed by atoms with Crippen LogP contribution in [0.3, 0.4) is 0 Å². The van der Waals surface area contributed by atoms with Crippen molar-refractivity contribution >= 4 is 11.9 Å². The van der Waals surface area contributed by atoms with E-state index in [1.165, 1.54) is 11.8 Å². The van der Waals surface area contributed by atoms with Crippen LogP contribution in [0.1, 0.15) is 43.7 Å². The van der Waals surface area contributed by atoms with Crippen LogP contribution in [-0.2, 0) is 6.42 Å². The van der Waals surface area contributed by atoms with Crippen molar-refractivity contribution < 1.29 is 0 Å². The Bertz CT molecular complexity index is 406. The van der Waals surface area contributed by atoms with Crippen LogP contribution in [-0.4, -0.2) is 18.3 Å². The molecule has 4 N–H and O–H groups in total. The quantitative estimate of drug-likeness (QED) is 0.714. The molecule has 0 amide bonds. The van der Waals surface area contributed by atoms with Gasteiger partial charge >= 0.3 is 0 Å². The number of hydrogen-bond donors (Lipinski definition) is 3. The number of nitrogens with two attached hydrogens (primary N) is 1. The van der Waals surface area contributed by atoms with E-state index in [0.717, 1.165) is 43.4 Å². The van der Waals surface area contributed by atoms with Crippen LogP contribution < -0.4 is 11.1 Å². The Morgan fingerprint density at radius 2 is 2.06 bits per heavy atom. The van der Waals surface area contributed by atoms with Crippen LogP contribution in [0.25, 0.3) is 0 Å². The molecule has 0 heterocycles. The zero-order chi connectivity index (χ0) is 13.0. The van der Waals surface area contributed by atoms with E-state index in [9.17, 15) is 0 Å². The molecule has 1 saturated carbocycles. The fraction of sp³-hybridized carbons (Fsp3) is 0.533. The van der Waals surface area contributed by atoms with Crippen molar-refractivity contribution in [3.05, 3.63) is 29.3 Å². The maximum Gasteiger partial charge on any atom is 0.0431 e. The van der Waals surface area contributed by atoms with Crippen LogP contribution >= 0.6 is 0 Å². The van der Waals surface area contributed by atoms with Crippen LogP contribution in [0.5, 0.6) is 0 Å². The van der Waals surface area contributed by atoms with Crippen LogP contribution in [0.4, 0.5) is 5.69 Å². The van der Waals surface area contributed by atoms with Gasteiger partial charge in [0.05, 0.1) is 0 Å². The molecule has 3 nitrogen and oxygen atoms in total. The minimum absolute atomic E-state index is 0.382. The van der Waals surface area contributed by atoms with Gasteiger partial charge < -0.3 is 16.5 Å². The highest BCUT2D eigenvalue weighted by Gasteiger charge is 2.18. The molecule has 0 saturated heterocycles. The molecule has 1 aromatic carbocycles. The highest BCUT2D eigenvalue weighted by Crippen LogP contribution is 2.23. The predicted molar refractivity (Wildman–Crippen MR) is 77.6 cm³/mol. The summed E-state index contributed by atoms with van der Waals surface area (Å²) < 4.78 is 0. The highest BCUT2D eigenvalue weighted by molar-refractivity contribution is 5.86. The normalized spacial score (nSPS) is 23.7. The molecule has 0 unspecified atom stereocenters. The van der Waals surface area contributed by atoms with Gasteiger partial charge in [-0.25, -0.2) is 0 Å². The molecule has 1 aromatic rings. The van der Waals surface area contributed by atoms with Gasteiger partial charge in [0.15, 0.2) is 0 Å². The van der Waals surface area contributed by atoms with Crippen molar-refractivity contribution in [2.24, 2.45) is 5.73 Å². The molecule has 2 rings (SSSR count). The monoisotopic (exact) mass is 245 g/mol. The molecule has 0 atom stereocenters. The topological polar surface area (TPSA) is 61.9 Å². The van der Waals surface area contributed by atoms with Gasteiger partial charge in [0.1, 0.15) is 0 Å². The van der Waals surface area contributed by atoms with Gasteiger partial charge in [-0.15, -0.1) is 0 Å². The summed E-state index contributed by atoms with van der Waals surface area (Å²) in [5.74, 6) is 0. The first-order chi connectivity index (χ1) is 8.72. The lowest BCUT2D eigenvalue weighted by Gasteiger charge is -2.28. The summed E-state index contributed by atoms with van der Waals surface area (Å²) in [5, 5.41) is 11.1. The van der Waals surface area contributed by atoms with Gasteiger partial charge in [-0.2, -0.15) is 0 Å². The van der Waals surface area contributed by atoms with E-state index in [4.69, 9.17) is 11.1 Å². The van der Waals surface area contributed by atoms with Crippen molar-refractivity contribution in [3.63, 3.8) is 0 Å².